The maximum Gasteiger partial charge on any atom is 0.417 e. The minimum absolute atomic E-state index is 0.0499. The number of hydrogen-bond acceptors (Lipinski definition) is 4. The number of fused-ring (bicyclic) bond motifs is 1. The van der Waals surface area contributed by atoms with Crippen molar-refractivity contribution in [3.63, 3.8) is 0 Å². The van der Waals surface area contributed by atoms with Crippen LogP contribution in [-0.2, 0) is 12.7 Å². The van der Waals surface area contributed by atoms with Crippen LogP contribution >= 0.6 is 0 Å². The van der Waals surface area contributed by atoms with Crippen LogP contribution in [0.15, 0.2) is 42.5 Å². The van der Waals surface area contributed by atoms with Gasteiger partial charge in [0.2, 0.25) is 0 Å². The predicted molar refractivity (Wildman–Crippen MR) is 102 cm³/mol. The lowest BCUT2D eigenvalue weighted by Gasteiger charge is -2.12. The summed E-state index contributed by atoms with van der Waals surface area (Å²) in [5, 5.41) is 7.11. The molecule has 0 spiro atoms. The minimum Gasteiger partial charge on any atom is -0.457 e. The van der Waals surface area contributed by atoms with E-state index in [0.29, 0.717) is 12.3 Å². The number of halogens is 3. The number of H-pyrrole nitrogens is 1. The highest BCUT2D eigenvalue weighted by atomic mass is 19.4. The molecule has 1 aromatic heterocycles. The van der Waals surface area contributed by atoms with Gasteiger partial charge in [0.1, 0.15) is 17.2 Å². The van der Waals surface area contributed by atoms with Gasteiger partial charge >= 0.3 is 6.18 Å². The number of hydrogen-bond donors (Lipinski definition) is 4. The van der Waals surface area contributed by atoms with E-state index in [1.165, 1.54) is 13.1 Å². The van der Waals surface area contributed by atoms with Crippen LogP contribution in [0.5, 0.6) is 11.5 Å². The Hall–Kier alpha value is -3.53. The van der Waals surface area contributed by atoms with Gasteiger partial charge in [-0.25, -0.2) is 0 Å². The molecule has 1 heterocycles. The molecule has 0 fully saturated rings. The van der Waals surface area contributed by atoms with Crippen LogP contribution in [-0.4, -0.2) is 28.8 Å². The molecule has 10 heteroatoms. The zero-order valence-corrected chi connectivity index (χ0v) is 15.3. The third kappa shape index (κ3) is 4.16. The normalized spacial score (nSPS) is 11.5. The van der Waals surface area contributed by atoms with E-state index >= 15 is 0 Å². The number of nitrogens with two attached hydrogens (primary N) is 2. The molecule has 0 aliphatic rings. The van der Waals surface area contributed by atoms with E-state index in [4.69, 9.17) is 21.6 Å². The summed E-state index contributed by atoms with van der Waals surface area (Å²) in [5.74, 6) is -0.976. The average Bonchev–Trinajstić information content (AvgIpc) is 3.09. The van der Waals surface area contributed by atoms with Crippen molar-refractivity contribution >= 4 is 22.8 Å². The first-order chi connectivity index (χ1) is 13.6. The summed E-state index contributed by atoms with van der Waals surface area (Å²) in [6.07, 6.45) is -4.67. The smallest absolute Gasteiger partial charge is 0.417 e. The van der Waals surface area contributed by atoms with Crippen LogP contribution in [0.2, 0.25) is 0 Å². The van der Waals surface area contributed by atoms with Gasteiger partial charge in [-0.15, -0.1) is 0 Å². The molecular formula is C19H18F3N5O2. The van der Waals surface area contributed by atoms with Gasteiger partial charge in [0.05, 0.1) is 11.1 Å². The Morgan fingerprint density at radius 2 is 1.83 bits per heavy atom. The summed E-state index contributed by atoms with van der Waals surface area (Å²) in [7, 11) is 1.25. The number of aromatic nitrogens is 1. The fourth-order valence-corrected chi connectivity index (χ4v) is 2.74. The Morgan fingerprint density at radius 3 is 2.38 bits per heavy atom. The maximum atomic E-state index is 13.6. The van der Waals surface area contributed by atoms with E-state index in [1.54, 1.807) is 24.3 Å². The van der Waals surface area contributed by atoms with Crippen LogP contribution in [0.25, 0.3) is 10.9 Å². The molecule has 0 saturated carbocycles. The summed E-state index contributed by atoms with van der Waals surface area (Å²) in [5.41, 5.74) is 10.6. The van der Waals surface area contributed by atoms with Crippen molar-refractivity contribution in [1.82, 2.24) is 9.88 Å². The molecule has 0 atom stereocenters. The minimum atomic E-state index is -4.67. The van der Waals surface area contributed by atoms with Crippen molar-refractivity contribution in [1.29, 1.82) is 5.41 Å². The first kappa shape index (κ1) is 20.2. The van der Waals surface area contributed by atoms with Gasteiger partial charge in [-0.1, -0.05) is 12.1 Å². The first-order valence-electron chi connectivity index (χ1n) is 8.43. The van der Waals surface area contributed by atoms with Crippen molar-refractivity contribution in [2.45, 2.75) is 12.7 Å². The van der Waals surface area contributed by atoms with Crippen molar-refractivity contribution < 1.29 is 22.7 Å². The standard InChI is InChI=1S/C19H18F3N5O2/c1-27(18(24)25)17(28)16-8-13-14(19(20,21)22)6-12(7-15(13)26-16)29-11-4-2-10(9-23)3-5-11/h2-8,26H,9,23H2,1H3,(H3,24,25). The summed E-state index contributed by atoms with van der Waals surface area (Å²) < 4.78 is 46.4. The van der Waals surface area contributed by atoms with E-state index < -0.39 is 23.6 Å². The average molecular weight is 405 g/mol. The van der Waals surface area contributed by atoms with Crippen molar-refractivity contribution in [2.75, 3.05) is 7.05 Å². The Morgan fingerprint density at radius 1 is 1.17 bits per heavy atom. The molecule has 1 amide bonds. The molecule has 3 aromatic rings. The van der Waals surface area contributed by atoms with E-state index in [2.05, 4.69) is 4.98 Å². The summed E-state index contributed by atoms with van der Waals surface area (Å²) in [4.78, 5) is 15.8. The number of aromatic amines is 1. The van der Waals surface area contributed by atoms with Gasteiger partial charge in [0.15, 0.2) is 5.96 Å². The predicted octanol–water partition coefficient (Wildman–Crippen LogP) is 3.40. The Kier molecular flexibility index (Phi) is 5.21. The molecule has 7 nitrogen and oxygen atoms in total. The second-order valence-corrected chi connectivity index (χ2v) is 6.31. The van der Waals surface area contributed by atoms with E-state index in [9.17, 15) is 18.0 Å². The molecule has 0 saturated heterocycles. The third-order valence-corrected chi connectivity index (χ3v) is 4.31. The van der Waals surface area contributed by atoms with Crippen LogP contribution < -0.4 is 16.2 Å². The lowest BCUT2D eigenvalue weighted by molar-refractivity contribution is -0.136. The van der Waals surface area contributed by atoms with Crippen molar-refractivity contribution in [3.05, 3.63) is 59.3 Å². The molecule has 29 heavy (non-hydrogen) atoms. The number of benzene rings is 2. The van der Waals surface area contributed by atoms with E-state index in [1.807, 2.05) is 0 Å². The zero-order valence-electron chi connectivity index (χ0n) is 15.3. The number of rotatable bonds is 4. The lowest BCUT2D eigenvalue weighted by Crippen LogP contribution is -2.38. The summed E-state index contributed by atoms with van der Waals surface area (Å²) in [6.45, 7) is 0.332. The second kappa shape index (κ2) is 7.47. The topological polar surface area (TPSA) is 121 Å². The van der Waals surface area contributed by atoms with Crippen LogP contribution in [0.1, 0.15) is 21.6 Å². The first-order valence-corrected chi connectivity index (χ1v) is 8.43. The number of guanidine groups is 1. The Balaban J connectivity index is 2.05. The van der Waals surface area contributed by atoms with Gasteiger partial charge < -0.3 is 21.2 Å². The molecule has 0 aliphatic heterocycles. The highest BCUT2D eigenvalue weighted by Gasteiger charge is 2.34. The van der Waals surface area contributed by atoms with E-state index in [0.717, 1.165) is 22.6 Å². The van der Waals surface area contributed by atoms with Crippen LogP contribution in [0, 0.1) is 5.41 Å². The Bertz CT molecular complexity index is 1070. The largest absolute Gasteiger partial charge is 0.457 e. The summed E-state index contributed by atoms with van der Waals surface area (Å²) >= 11 is 0. The lowest BCUT2D eigenvalue weighted by atomic mass is 10.1. The van der Waals surface area contributed by atoms with Gasteiger partial charge in [0, 0.05) is 25.0 Å². The highest BCUT2D eigenvalue weighted by Crippen LogP contribution is 2.39. The SMILES string of the molecule is CN(C(=N)N)C(=O)c1cc2c(C(F)(F)F)cc(Oc3ccc(CN)cc3)cc2[nH]1. The molecule has 6 N–H and O–H groups in total. The van der Waals surface area contributed by atoms with Gasteiger partial charge in [-0.05, 0) is 29.8 Å². The molecule has 2 aromatic carbocycles. The summed E-state index contributed by atoms with van der Waals surface area (Å²) in [6, 6.07) is 9.95. The van der Waals surface area contributed by atoms with E-state index in [-0.39, 0.29) is 22.3 Å². The van der Waals surface area contributed by atoms with Crippen molar-refractivity contribution in [3.8, 4) is 11.5 Å². The Labute approximate surface area is 163 Å². The van der Waals surface area contributed by atoms with Crippen molar-refractivity contribution in [2.24, 2.45) is 11.5 Å². The van der Waals surface area contributed by atoms with Gasteiger partial charge in [0.25, 0.3) is 5.91 Å². The monoisotopic (exact) mass is 405 g/mol. The number of nitrogens with zero attached hydrogens (tertiary/aromatic N) is 1. The quantitative estimate of drug-likeness (QED) is 0.393. The second-order valence-electron chi connectivity index (χ2n) is 6.31. The number of carbonyl (C=O) groups excluding carboxylic acids is 1. The van der Waals surface area contributed by atoms with Crippen LogP contribution in [0.4, 0.5) is 13.2 Å². The third-order valence-electron chi connectivity index (χ3n) is 4.31. The number of carbonyl (C=O) groups is 1. The van der Waals surface area contributed by atoms with Crippen LogP contribution in [0.3, 0.4) is 0 Å². The fourth-order valence-electron chi connectivity index (χ4n) is 2.74. The number of amides is 1. The number of alkyl halides is 3. The number of ether oxygens (including phenoxy) is 1. The molecule has 3 rings (SSSR count). The molecule has 152 valence electrons. The van der Waals surface area contributed by atoms with Gasteiger partial charge in [-0.2, -0.15) is 13.2 Å². The molecule has 0 aliphatic carbocycles. The molecule has 0 bridgehead atoms. The maximum absolute atomic E-state index is 13.6. The molecular weight excluding hydrogens is 387 g/mol. The van der Waals surface area contributed by atoms with Gasteiger partial charge in [-0.3, -0.25) is 15.1 Å². The number of nitrogens with one attached hydrogen (secondary N) is 2. The molecule has 0 radical (unpaired) electrons. The highest BCUT2D eigenvalue weighted by molar-refractivity contribution is 6.06. The molecule has 0 unspecified atom stereocenters. The zero-order chi connectivity index (χ0) is 21.3. The fraction of sp³-hybridized carbons (Fsp3) is 0.158.